The van der Waals surface area contributed by atoms with E-state index in [1.165, 1.54) is 0 Å². The van der Waals surface area contributed by atoms with Gasteiger partial charge in [0.1, 0.15) is 11.8 Å². The molecule has 1 heterocycles. The molecule has 0 aromatic heterocycles. The summed E-state index contributed by atoms with van der Waals surface area (Å²) < 4.78 is 22.2. The molecule has 17 heteroatoms. The lowest BCUT2D eigenvalue weighted by molar-refractivity contribution is -0.149. The molecule has 42 heavy (non-hydrogen) atoms. The molecule has 0 aromatic carbocycles. The van der Waals surface area contributed by atoms with Crippen LogP contribution in [0.25, 0.3) is 0 Å². The maximum Gasteiger partial charge on any atom is 0.326 e. The quantitative estimate of drug-likeness (QED) is 0.150. The van der Waals surface area contributed by atoms with Crippen molar-refractivity contribution < 1.29 is 68.1 Å². The van der Waals surface area contributed by atoms with Gasteiger partial charge in [0.2, 0.25) is 5.91 Å². The molecule has 0 bridgehead atoms. The van der Waals surface area contributed by atoms with Crippen LogP contribution < -0.4 is 5.32 Å². The largest absolute Gasteiger partial charge is 0.481 e. The predicted molar refractivity (Wildman–Crippen MR) is 141 cm³/mol. The van der Waals surface area contributed by atoms with Crippen LogP contribution in [-0.4, -0.2) is 164 Å². The standard InChI is InChI=1S/C25H41N3O14/c29-19(13-18(24(35)36)14-22(31)32)16-27-1-5-39-9-11-41-7-3-28(4-8-42-12-10-40-6-2-27)17-21(30)26-20(25(37)38)15-23(33)34/h18,20H,1-17H2,(H,26,30)(H,31,32)(H,33,34)(H,35,36)(H,37,38). The Labute approximate surface area is 242 Å². The first-order chi connectivity index (χ1) is 20.0. The molecular formula is C25H41N3O14. The van der Waals surface area contributed by atoms with E-state index in [2.05, 4.69) is 5.32 Å². The average Bonchev–Trinajstić information content (AvgIpc) is 2.89. The Hall–Kier alpha value is -3.22. The van der Waals surface area contributed by atoms with Crippen LogP contribution in [0.1, 0.15) is 19.3 Å². The molecule has 0 saturated carbocycles. The number of ketones is 1. The fourth-order valence-electron chi connectivity index (χ4n) is 3.82. The molecule has 1 aliphatic heterocycles. The number of Topliss-reactive ketones (excluding diaryl/α,β-unsaturated/α-hetero) is 1. The van der Waals surface area contributed by atoms with Crippen LogP contribution in [0.15, 0.2) is 0 Å². The third-order valence-corrected chi connectivity index (χ3v) is 5.97. The maximum atomic E-state index is 12.5. The lowest BCUT2D eigenvalue weighted by atomic mass is 9.99. The third kappa shape index (κ3) is 18.3. The van der Waals surface area contributed by atoms with Crippen LogP contribution in [0.5, 0.6) is 0 Å². The summed E-state index contributed by atoms with van der Waals surface area (Å²) in [6.07, 6.45) is -1.79. The molecule has 1 fully saturated rings. The summed E-state index contributed by atoms with van der Waals surface area (Å²) >= 11 is 0. The van der Waals surface area contributed by atoms with Gasteiger partial charge in [-0.25, -0.2) is 4.79 Å². The number of rotatable bonds is 13. The molecule has 5 N–H and O–H groups in total. The van der Waals surface area contributed by atoms with Crippen molar-refractivity contribution in [2.75, 3.05) is 92.1 Å². The molecular weight excluding hydrogens is 566 g/mol. The van der Waals surface area contributed by atoms with Crippen molar-refractivity contribution in [2.24, 2.45) is 5.92 Å². The van der Waals surface area contributed by atoms with Crippen molar-refractivity contribution in [3.05, 3.63) is 0 Å². The van der Waals surface area contributed by atoms with Crippen molar-refractivity contribution in [3.63, 3.8) is 0 Å². The minimum atomic E-state index is -1.55. The van der Waals surface area contributed by atoms with E-state index in [9.17, 15) is 33.9 Å². The molecule has 0 aromatic rings. The summed E-state index contributed by atoms with van der Waals surface area (Å²) in [5, 5.41) is 38.3. The van der Waals surface area contributed by atoms with Crippen LogP contribution in [0.3, 0.4) is 0 Å². The van der Waals surface area contributed by atoms with Gasteiger partial charge in [-0.15, -0.1) is 0 Å². The number of hydrogen-bond acceptors (Lipinski definition) is 12. The summed E-state index contributed by atoms with van der Waals surface area (Å²) in [5.41, 5.74) is 0. The second-order valence-corrected chi connectivity index (χ2v) is 9.43. The summed E-state index contributed by atoms with van der Waals surface area (Å²) in [6.45, 7) is 2.85. The average molecular weight is 608 g/mol. The first kappa shape index (κ1) is 36.8. The first-order valence-electron chi connectivity index (χ1n) is 13.4. The molecule has 1 rings (SSSR count). The molecule has 0 radical (unpaired) electrons. The van der Waals surface area contributed by atoms with Crippen LogP contribution in [0.2, 0.25) is 0 Å². The second kappa shape index (κ2) is 21.5. The van der Waals surface area contributed by atoms with Gasteiger partial charge in [0.05, 0.1) is 84.7 Å². The van der Waals surface area contributed by atoms with E-state index in [1.807, 2.05) is 0 Å². The second-order valence-electron chi connectivity index (χ2n) is 9.43. The zero-order chi connectivity index (χ0) is 31.3. The third-order valence-electron chi connectivity index (χ3n) is 5.97. The van der Waals surface area contributed by atoms with Crippen molar-refractivity contribution in [1.29, 1.82) is 0 Å². The number of hydrogen-bond donors (Lipinski definition) is 5. The smallest absolute Gasteiger partial charge is 0.326 e. The number of ether oxygens (including phenoxy) is 4. The number of aliphatic carboxylic acids is 4. The molecule has 1 aliphatic rings. The topological polar surface area (TPSA) is 239 Å². The van der Waals surface area contributed by atoms with Crippen molar-refractivity contribution in [2.45, 2.75) is 25.3 Å². The summed E-state index contributed by atoms with van der Waals surface area (Å²) in [6, 6.07) is -1.55. The van der Waals surface area contributed by atoms with Gasteiger partial charge in [0, 0.05) is 32.6 Å². The van der Waals surface area contributed by atoms with Crippen molar-refractivity contribution in [3.8, 4) is 0 Å². The van der Waals surface area contributed by atoms with Gasteiger partial charge < -0.3 is 44.7 Å². The lowest BCUT2D eigenvalue weighted by Crippen LogP contribution is -2.47. The maximum absolute atomic E-state index is 12.5. The van der Waals surface area contributed by atoms with Crippen LogP contribution in [0.4, 0.5) is 0 Å². The summed E-state index contributed by atoms with van der Waals surface area (Å²) in [7, 11) is 0. The molecule has 0 aliphatic carbocycles. The number of carbonyl (C=O) groups excluding carboxylic acids is 2. The molecule has 1 amide bonds. The Morgan fingerprint density at radius 2 is 1.00 bits per heavy atom. The molecule has 240 valence electrons. The Kier molecular flexibility index (Phi) is 18.8. The van der Waals surface area contributed by atoms with Gasteiger partial charge in [0.15, 0.2) is 0 Å². The van der Waals surface area contributed by atoms with Gasteiger partial charge in [-0.1, -0.05) is 0 Å². The number of nitrogens with zero attached hydrogens (tertiary/aromatic N) is 2. The highest BCUT2D eigenvalue weighted by atomic mass is 16.5. The van der Waals surface area contributed by atoms with Gasteiger partial charge >= 0.3 is 23.9 Å². The van der Waals surface area contributed by atoms with Crippen LogP contribution in [-0.2, 0) is 47.7 Å². The Morgan fingerprint density at radius 1 is 0.571 bits per heavy atom. The van der Waals surface area contributed by atoms with E-state index in [-0.39, 0.29) is 65.9 Å². The van der Waals surface area contributed by atoms with E-state index in [1.54, 1.807) is 9.80 Å². The number of carboxylic acids is 4. The van der Waals surface area contributed by atoms with Crippen LogP contribution in [0, 0.1) is 5.92 Å². The molecule has 0 spiro atoms. The fraction of sp³-hybridized carbons (Fsp3) is 0.760. The minimum Gasteiger partial charge on any atom is -0.481 e. The number of nitrogens with one attached hydrogen (secondary N) is 1. The molecule has 17 nitrogen and oxygen atoms in total. The highest BCUT2D eigenvalue weighted by molar-refractivity contribution is 5.88. The highest BCUT2D eigenvalue weighted by Gasteiger charge is 2.26. The zero-order valence-corrected chi connectivity index (χ0v) is 23.4. The Morgan fingerprint density at radius 3 is 1.38 bits per heavy atom. The number of carboxylic acid groups (broad SMARTS) is 4. The van der Waals surface area contributed by atoms with Crippen molar-refractivity contribution in [1.82, 2.24) is 15.1 Å². The van der Waals surface area contributed by atoms with Gasteiger partial charge in [-0.2, -0.15) is 0 Å². The normalized spacial score (nSPS) is 19.0. The van der Waals surface area contributed by atoms with E-state index < -0.39 is 66.8 Å². The SMILES string of the molecule is O=C(O)CC(CC(=O)CN1CCOCCOCCN(CC(=O)NC(CC(=O)O)C(=O)O)CCOCCOCC1)C(=O)O. The number of amides is 1. The minimum absolute atomic E-state index is 0.0873. The van der Waals surface area contributed by atoms with E-state index >= 15 is 0 Å². The highest BCUT2D eigenvalue weighted by Crippen LogP contribution is 2.10. The zero-order valence-electron chi connectivity index (χ0n) is 23.4. The van der Waals surface area contributed by atoms with E-state index in [0.29, 0.717) is 26.2 Å². The first-order valence-corrected chi connectivity index (χ1v) is 13.4. The predicted octanol–water partition coefficient (Wildman–Crippen LogP) is -2.15. The lowest BCUT2D eigenvalue weighted by Gasteiger charge is -2.24. The van der Waals surface area contributed by atoms with Gasteiger partial charge in [-0.05, 0) is 0 Å². The van der Waals surface area contributed by atoms with E-state index in [0.717, 1.165) is 0 Å². The monoisotopic (exact) mass is 607 g/mol. The summed E-state index contributed by atoms with van der Waals surface area (Å²) in [5.74, 6) is -7.80. The Bertz CT molecular complexity index is 796. The van der Waals surface area contributed by atoms with E-state index in [4.69, 9.17) is 34.3 Å². The molecule has 1 saturated heterocycles. The molecule has 2 atom stereocenters. The number of carbonyl (C=O) groups is 6. The molecule has 2 unspecified atom stereocenters. The fourth-order valence-corrected chi connectivity index (χ4v) is 3.82. The van der Waals surface area contributed by atoms with Gasteiger partial charge in [0.25, 0.3) is 0 Å². The van der Waals surface area contributed by atoms with Crippen molar-refractivity contribution >= 4 is 35.6 Å². The summed E-state index contributed by atoms with van der Waals surface area (Å²) in [4.78, 5) is 72.5. The Balaban J connectivity index is 2.58. The van der Waals surface area contributed by atoms with Gasteiger partial charge in [-0.3, -0.25) is 33.8 Å². The van der Waals surface area contributed by atoms with Crippen LogP contribution >= 0.6 is 0 Å².